The summed E-state index contributed by atoms with van der Waals surface area (Å²) < 4.78 is 0. The van der Waals surface area contributed by atoms with Gasteiger partial charge in [0.15, 0.2) is 0 Å². The molecule has 1 aromatic carbocycles. The van der Waals surface area contributed by atoms with E-state index in [2.05, 4.69) is 23.3 Å². The molecule has 0 amide bonds. The first-order valence-corrected chi connectivity index (χ1v) is 5.79. The Kier molecular flexibility index (Phi) is 3.62. The summed E-state index contributed by atoms with van der Waals surface area (Å²) in [6, 6.07) is 8.77. The Morgan fingerprint density at radius 1 is 1.53 bits per heavy atom. The number of nitrogens with one attached hydrogen (secondary N) is 1. The van der Waals surface area contributed by atoms with Gasteiger partial charge < -0.3 is 5.32 Å². The number of rotatable bonds is 3. The van der Waals surface area contributed by atoms with Crippen LogP contribution in [-0.2, 0) is 6.54 Å². The topological polar surface area (TPSA) is 15.3 Å². The van der Waals surface area contributed by atoms with E-state index in [0.29, 0.717) is 6.04 Å². The van der Waals surface area contributed by atoms with Gasteiger partial charge in [-0.3, -0.25) is 4.90 Å². The van der Waals surface area contributed by atoms with Crippen LogP contribution in [0.15, 0.2) is 24.3 Å². The number of nitrogens with zero attached hydrogens (tertiary/aromatic N) is 1. The van der Waals surface area contributed by atoms with Gasteiger partial charge in [-0.05, 0) is 37.7 Å². The minimum absolute atomic E-state index is 0.670. The third kappa shape index (κ3) is 2.94. The first-order valence-electron chi connectivity index (χ1n) is 5.41. The van der Waals surface area contributed by atoms with Crippen molar-refractivity contribution in [2.45, 2.75) is 19.0 Å². The number of halogens is 1. The van der Waals surface area contributed by atoms with Gasteiger partial charge in [-0.15, -0.1) is 0 Å². The lowest BCUT2D eigenvalue weighted by Gasteiger charge is -2.23. The second-order valence-corrected chi connectivity index (χ2v) is 4.63. The van der Waals surface area contributed by atoms with Crippen LogP contribution in [-0.4, -0.2) is 31.1 Å². The summed E-state index contributed by atoms with van der Waals surface area (Å²) in [7, 11) is 2.18. The van der Waals surface area contributed by atoms with Crippen LogP contribution < -0.4 is 5.32 Å². The van der Waals surface area contributed by atoms with Gasteiger partial charge in [0.1, 0.15) is 0 Å². The van der Waals surface area contributed by atoms with Crippen molar-refractivity contribution in [3.05, 3.63) is 34.9 Å². The van der Waals surface area contributed by atoms with Gasteiger partial charge in [0.25, 0.3) is 0 Å². The van der Waals surface area contributed by atoms with E-state index in [4.69, 9.17) is 11.6 Å². The first kappa shape index (κ1) is 10.9. The molecule has 0 saturated carbocycles. The predicted octanol–water partition coefficient (Wildman–Crippen LogP) is 2.13. The lowest BCUT2D eigenvalue weighted by atomic mass is 10.1. The van der Waals surface area contributed by atoms with Crippen molar-refractivity contribution in [2.75, 3.05) is 20.1 Å². The molecular formula is C12H17ClN2. The van der Waals surface area contributed by atoms with Crippen LogP contribution in [0.25, 0.3) is 0 Å². The largest absolute Gasteiger partial charge is 0.315 e. The van der Waals surface area contributed by atoms with Gasteiger partial charge in [-0.2, -0.15) is 0 Å². The van der Waals surface area contributed by atoms with Gasteiger partial charge >= 0.3 is 0 Å². The molecule has 15 heavy (non-hydrogen) atoms. The van der Waals surface area contributed by atoms with Crippen molar-refractivity contribution >= 4 is 11.6 Å². The fraction of sp³-hybridized carbons (Fsp3) is 0.500. The summed E-state index contributed by atoms with van der Waals surface area (Å²) >= 11 is 5.96. The van der Waals surface area contributed by atoms with Gasteiger partial charge in [0, 0.05) is 24.2 Å². The zero-order valence-corrected chi connectivity index (χ0v) is 9.80. The highest BCUT2D eigenvalue weighted by Crippen LogP contribution is 2.14. The Hall–Kier alpha value is -0.570. The van der Waals surface area contributed by atoms with Gasteiger partial charge in [0.2, 0.25) is 0 Å². The van der Waals surface area contributed by atoms with E-state index < -0.39 is 0 Å². The van der Waals surface area contributed by atoms with E-state index in [1.807, 2.05) is 18.2 Å². The molecule has 1 aliphatic rings. The van der Waals surface area contributed by atoms with Crippen molar-refractivity contribution < 1.29 is 0 Å². The Bertz CT molecular complexity index is 321. The predicted molar refractivity (Wildman–Crippen MR) is 64.2 cm³/mol. The molecule has 1 fully saturated rings. The van der Waals surface area contributed by atoms with Gasteiger partial charge in [-0.25, -0.2) is 0 Å². The van der Waals surface area contributed by atoms with Crippen molar-refractivity contribution in [1.82, 2.24) is 10.2 Å². The molecule has 0 spiro atoms. The van der Waals surface area contributed by atoms with Gasteiger partial charge in [-0.1, -0.05) is 23.7 Å². The minimum atomic E-state index is 0.670. The van der Waals surface area contributed by atoms with Crippen LogP contribution in [0.2, 0.25) is 5.02 Å². The van der Waals surface area contributed by atoms with Crippen LogP contribution in [0.3, 0.4) is 0 Å². The van der Waals surface area contributed by atoms with Crippen molar-refractivity contribution in [3.8, 4) is 0 Å². The van der Waals surface area contributed by atoms with E-state index in [1.54, 1.807) is 0 Å². The zero-order chi connectivity index (χ0) is 10.7. The fourth-order valence-electron chi connectivity index (χ4n) is 2.07. The lowest BCUT2D eigenvalue weighted by molar-refractivity contribution is 0.249. The molecule has 0 aromatic heterocycles. The first-order chi connectivity index (χ1) is 7.25. The highest BCUT2D eigenvalue weighted by atomic mass is 35.5. The van der Waals surface area contributed by atoms with E-state index >= 15 is 0 Å². The summed E-state index contributed by atoms with van der Waals surface area (Å²) in [5, 5.41) is 4.21. The molecule has 0 bridgehead atoms. The average molecular weight is 225 g/mol. The van der Waals surface area contributed by atoms with E-state index in [-0.39, 0.29) is 0 Å². The smallest absolute Gasteiger partial charge is 0.0409 e. The average Bonchev–Trinajstić information content (AvgIpc) is 2.70. The maximum Gasteiger partial charge on any atom is 0.0409 e. The van der Waals surface area contributed by atoms with Gasteiger partial charge in [0.05, 0.1) is 0 Å². The molecule has 1 saturated heterocycles. The molecular weight excluding hydrogens is 208 g/mol. The second-order valence-electron chi connectivity index (χ2n) is 4.19. The Morgan fingerprint density at radius 2 is 2.40 bits per heavy atom. The highest BCUT2D eigenvalue weighted by molar-refractivity contribution is 6.30. The molecule has 0 radical (unpaired) electrons. The summed E-state index contributed by atoms with van der Waals surface area (Å²) in [5.41, 5.74) is 1.29. The summed E-state index contributed by atoms with van der Waals surface area (Å²) in [6.45, 7) is 3.23. The second kappa shape index (κ2) is 4.97. The molecule has 2 rings (SSSR count). The summed E-state index contributed by atoms with van der Waals surface area (Å²) in [5.74, 6) is 0. The molecule has 82 valence electrons. The molecule has 1 N–H and O–H groups in total. The van der Waals surface area contributed by atoms with E-state index in [1.165, 1.54) is 12.0 Å². The number of hydrogen-bond acceptors (Lipinski definition) is 2. The molecule has 2 nitrogen and oxygen atoms in total. The fourth-order valence-corrected chi connectivity index (χ4v) is 2.28. The highest BCUT2D eigenvalue weighted by Gasteiger charge is 2.18. The standard InChI is InChI=1S/C12H17ClN2/c1-15(12-5-6-14-8-12)9-10-3-2-4-11(13)7-10/h2-4,7,12,14H,5-6,8-9H2,1H3. The lowest BCUT2D eigenvalue weighted by Crippen LogP contribution is -2.32. The van der Waals surface area contributed by atoms with Crippen LogP contribution in [0, 0.1) is 0 Å². The minimum Gasteiger partial charge on any atom is -0.315 e. The number of benzene rings is 1. The van der Waals surface area contributed by atoms with Crippen LogP contribution in [0.4, 0.5) is 0 Å². The third-order valence-corrected chi connectivity index (χ3v) is 3.21. The Labute approximate surface area is 96.2 Å². The molecule has 0 aliphatic carbocycles. The Balaban J connectivity index is 1.95. The normalized spacial score (nSPS) is 21.1. The summed E-state index contributed by atoms with van der Waals surface area (Å²) in [6.07, 6.45) is 1.25. The molecule has 1 atom stereocenters. The molecule has 1 heterocycles. The maximum atomic E-state index is 5.96. The SMILES string of the molecule is CN(Cc1cccc(Cl)c1)C1CCNC1. The van der Waals surface area contributed by atoms with Crippen LogP contribution in [0.5, 0.6) is 0 Å². The molecule has 1 aliphatic heterocycles. The summed E-state index contributed by atoms with van der Waals surface area (Å²) in [4.78, 5) is 2.39. The molecule has 1 aromatic rings. The number of hydrogen-bond donors (Lipinski definition) is 1. The van der Waals surface area contributed by atoms with Crippen LogP contribution in [0.1, 0.15) is 12.0 Å². The molecule has 1 unspecified atom stereocenters. The maximum absolute atomic E-state index is 5.96. The zero-order valence-electron chi connectivity index (χ0n) is 9.04. The van der Waals surface area contributed by atoms with Crippen molar-refractivity contribution in [3.63, 3.8) is 0 Å². The Morgan fingerprint density at radius 3 is 3.07 bits per heavy atom. The van der Waals surface area contributed by atoms with Crippen molar-refractivity contribution in [1.29, 1.82) is 0 Å². The number of likely N-dealkylation sites (N-methyl/N-ethyl adjacent to an activating group) is 1. The van der Waals surface area contributed by atoms with E-state index in [9.17, 15) is 0 Å². The van der Waals surface area contributed by atoms with Crippen LogP contribution >= 0.6 is 11.6 Å². The third-order valence-electron chi connectivity index (χ3n) is 2.98. The molecule has 3 heteroatoms. The quantitative estimate of drug-likeness (QED) is 0.847. The van der Waals surface area contributed by atoms with Crippen molar-refractivity contribution in [2.24, 2.45) is 0 Å². The van der Waals surface area contributed by atoms with E-state index in [0.717, 1.165) is 24.7 Å². The monoisotopic (exact) mass is 224 g/mol.